The van der Waals surface area contributed by atoms with Gasteiger partial charge in [-0.1, -0.05) is 84.9 Å². The molecule has 0 saturated carbocycles. The largest absolute Gasteiger partial charge is 0.508 e. The van der Waals surface area contributed by atoms with Gasteiger partial charge in [-0.25, -0.2) is 9.59 Å². The molecular weight excluding hydrogens is 504 g/mol. The number of carbonyl (C=O) groups is 2. The first-order valence-electron chi connectivity index (χ1n) is 12.7. The Balaban J connectivity index is 1.46. The van der Waals surface area contributed by atoms with E-state index >= 15 is 0 Å². The molecule has 198 valence electrons. The Hall–Kier alpha value is -5.36. The van der Waals surface area contributed by atoms with Gasteiger partial charge in [-0.15, -0.1) is 0 Å². The van der Waals surface area contributed by atoms with E-state index < -0.39 is 24.1 Å². The van der Waals surface area contributed by atoms with Gasteiger partial charge in [-0.2, -0.15) is 0 Å². The van der Waals surface area contributed by atoms with Crippen molar-refractivity contribution in [2.24, 2.45) is 0 Å². The molecule has 2 N–H and O–H groups in total. The van der Waals surface area contributed by atoms with Gasteiger partial charge in [-0.05, 0) is 70.8 Å². The van der Waals surface area contributed by atoms with Crippen LogP contribution in [0.1, 0.15) is 44.1 Å². The van der Waals surface area contributed by atoms with Crippen LogP contribution in [0.15, 0.2) is 133 Å². The number of ether oxygens (including phenoxy) is 2. The fourth-order valence-corrected chi connectivity index (χ4v) is 4.31. The maximum absolute atomic E-state index is 13.4. The smallest absolute Gasteiger partial charge is 0.338 e. The molecule has 5 aromatic carbocycles. The van der Waals surface area contributed by atoms with Gasteiger partial charge in [0.15, 0.2) is 12.2 Å². The lowest BCUT2D eigenvalue weighted by Crippen LogP contribution is -2.23. The van der Waals surface area contributed by atoms with Crippen molar-refractivity contribution >= 4 is 11.9 Å². The molecule has 40 heavy (non-hydrogen) atoms. The van der Waals surface area contributed by atoms with Crippen molar-refractivity contribution in [3.05, 3.63) is 156 Å². The second-order valence-electron chi connectivity index (χ2n) is 9.14. The van der Waals surface area contributed by atoms with Gasteiger partial charge in [0, 0.05) is 0 Å². The van der Waals surface area contributed by atoms with E-state index in [0.29, 0.717) is 16.7 Å². The van der Waals surface area contributed by atoms with E-state index in [9.17, 15) is 19.8 Å². The predicted octanol–water partition coefficient (Wildman–Crippen LogP) is 7.26. The number of benzene rings is 5. The Morgan fingerprint density at radius 1 is 0.450 bits per heavy atom. The van der Waals surface area contributed by atoms with Gasteiger partial charge in [0.2, 0.25) is 0 Å². The lowest BCUT2D eigenvalue weighted by molar-refractivity contribution is -0.0388. The minimum absolute atomic E-state index is 0.0312. The third-order valence-corrected chi connectivity index (χ3v) is 6.42. The average molecular weight is 531 g/mol. The molecule has 0 saturated heterocycles. The third kappa shape index (κ3) is 6.19. The number of hydrogen-bond acceptors (Lipinski definition) is 6. The van der Waals surface area contributed by atoms with Crippen LogP contribution in [-0.2, 0) is 9.47 Å². The molecule has 2 atom stereocenters. The molecule has 0 aliphatic rings. The van der Waals surface area contributed by atoms with Crippen molar-refractivity contribution in [2.45, 2.75) is 12.2 Å². The maximum Gasteiger partial charge on any atom is 0.338 e. The van der Waals surface area contributed by atoms with E-state index in [0.717, 1.165) is 11.1 Å². The number of phenolic OH excluding ortho intramolecular Hbond substituents is 2. The number of hydrogen-bond donors (Lipinski definition) is 2. The summed E-state index contributed by atoms with van der Waals surface area (Å²) >= 11 is 0. The normalized spacial score (nSPS) is 12.2. The molecule has 0 aliphatic heterocycles. The van der Waals surface area contributed by atoms with Crippen LogP contribution < -0.4 is 0 Å². The van der Waals surface area contributed by atoms with Crippen LogP contribution >= 0.6 is 0 Å². The molecule has 0 heterocycles. The number of aromatic hydroxyl groups is 2. The Morgan fingerprint density at radius 2 is 0.775 bits per heavy atom. The topological polar surface area (TPSA) is 93.1 Å². The second kappa shape index (κ2) is 12.0. The first-order chi connectivity index (χ1) is 19.5. The van der Waals surface area contributed by atoms with Crippen LogP contribution in [0.5, 0.6) is 11.5 Å². The highest BCUT2D eigenvalue weighted by molar-refractivity contribution is 5.91. The third-order valence-electron chi connectivity index (χ3n) is 6.42. The number of carbonyl (C=O) groups excluding carboxylic acids is 2. The van der Waals surface area contributed by atoms with Crippen molar-refractivity contribution in [2.75, 3.05) is 0 Å². The molecule has 6 heteroatoms. The quantitative estimate of drug-likeness (QED) is 0.205. The molecule has 5 aromatic rings. The zero-order valence-electron chi connectivity index (χ0n) is 21.4. The van der Waals surface area contributed by atoms with Crippen LogP contribution in [0.2, 0.25) is 0 Å². The fraction of sp³-hybridized carbons (Fsp3) is 0.0588. The molecule has 0 aromatic heterocycles. The van der Waals surface area contributed by atoms with Gasteiger partial charge in [-0.3, -0.25) is 0 Å². The molecule has 0 aliphatic carbocycles. The molecular formula is C34H26O6. The van der Waals surface area contributed by atoms with Crippen molar-refractivity contribution < 1.29 is 29.3 Å². The van der Waals surface area contributed by atoms with Crippen molar-refractivity contribution in [1.29, 1.82) is 0 Å². The highest BCUT2D eigenvalue weighted by atomic mass is 16.6. The molecule has 0 amide bonds. The van der Waals surface area contributed by atoms with E-state index in [1.54, 1.807) is 48.5 Å². The van der Waals surface area contributed by atoms with Crippen LogP contribution in [0.25, 0.3) is 11.1 Å². The van der Waals surface area contributed by atoms with E-state index in [2.05, 4.69) is 0 Å². The first-order valence-corrected chi connectivity index (χ1v) is 12.7. The standard InChI is InChI=1S/C34H26O6/c35-29-19-15-24(16-20-29)23-11-13-27(14-12-23)33(37)39-31(25-7-3-1-4-8-25)32(26-9-5-2-6-10-26)40-34(38)28-17-21-30(36)22-18-28/h1-22,31-32,35-36H. The molecule has 0 spiro atoms. The summed E-state index contributed by atoms with van der Waals surface area (Å²) in [7, 11) is 0. The fourth-order valence-electron chi connectivity index (χ4n) is 4.31. The maximum atomic E-state index is 13.4. The van der Waals surface area contributed by atoms with E-state index in [1.807, 2.05) is 60.7 Å². The molecule has 0 radical (unpaired) electrons. The lowest BCUT2D eigenvalue weighted by Gasteiger charge is -2.28. The molecule has 6 nitrogen and oxygen atoms in total. The van der Waals surface area contributed by atoms with Crippen LogP contribution in [0, 0.1) is 0 Å². The number of rotatable bonds is 8. The van der Waals surface area contributed by atoms with Gasteiger partial charge >= 0.3 is 11.9 Å². The Kier molecular flexibility index (Phi) is 7.88. The highest BCUT2D eigenvalue weighted by Crippen LogP contribution is 2.37. The minimum atomic E-state index is -0.954. The minimum Gasteiger partial charge on any atom is -0.508 e. The van der Waals surface area contributed by atoms with Gasteiger partial charge in [0.05, 0.1) is 11.1 Å². The first kappa shape index (κ1) is 26.3. The average Bonchev–Trinajstić information content (AvgIpc) is 3.00. The summed E-state index contributed by atoms with van der Waals surface area (Å²) in [4.78, 5) is 26.6. The summed E-state index contributed by atoms with van der Waals surface area (Å²) in [6.45, 7) is 0. The van der Waals surface area contributed by atoms with Crippen LogP contribution in [0.4, 0.5) is 0 Å². The Bertz CT molecular complexity index is 1560. The van der Waals surface area contributed by atoms with E-state index in [4.69, 9.17) is 9.47 Å². The zero-order valence-corrected chi connectivity index (χ0v) is 21.4. The van der Waals surface area contributed by atoms with Crippen molar-refractivity contribution in [3.63, 3.8) is 0 Å². The molecule has 0 bridgehead atoms. The summed E-state index contributed by atoms with van der Waals surface area (Å²) in [5, 5.41) is 19.2. The van der Waals surface area contributed by atoms with Gasteiger partial charge < -0.3 is 19.7 Å². The highest BCUT2D eigenvalue weighted by Gasteiger charge is 2.32. The second-order valence-corrected chi connectivity index (χ2v) is 9.14. The summed E-state index contributed by atoms with van der Waals surface area (Å²) in [5.41, 5.74) is 3.66. The predicted molar refractivity (Wildman–Crippen MR) is 151 cm³/mol. The number of phenols is 2. The molecule has 2 unspecified atom stereocenters. The summed E-state index contributed by atoms with van der Waals surface area (Å²) in [5.74, 6) is -0.990. The van der Waals surface area contributed by atoms with E-state index in [-0.39, 0.29) is 17.1 Å². The SMILES string of the molecule is O=C(OC(c1ccccc1)C(OC(=O)c1ccc(-c2ccc(O)cc2)cc1)c1ccccc1)c1ccc(O)cc1. The van der Waals surface area contributed by atoms with Crippen LogP contribution in [-0.4, -0.2) is 22.2 Å². The molecule has 5 rings (SSSR count). The summed E-state index contributed by atoms with van der Waals surface area (Å²) in [6, 6.07) is 37.8. The van der Waals surface area contributed by atoms with Crippen LogP contribution in [0.3, 0.4) is 0 Å². The zero-order chi connectivity index (χ0) is 27.9. The number of esters is 2. The summed E-state index contributed by atoms with van der Waals surface area (Å²) < 4.78 is 12.1. The van der Waals surface area contributed by atoms with Gasteiger partial charge in [0.25, 0.3) is 0 Å². The lowest BCUT2D eigenvalue weighted by atomic mass is 9.97. The van der Waals surface area contributed by atoms with Crippen molar-refractivity contribution in [3.8, 4) is 22.6 Å². The van der Waals surface area contributed by atoms with E-state index in [1.165, 1.54) is 24.3 Å². The molecule has 0 fully saturated rings. The Labute approximate surface area is 231 Å². The Morgan fingerprint density at radius 3 is 1.18 bits per heavy atom. The monoisotopic (exact) mass is 530 g/mol. The van der Waals surface area contributed by atoms with Crippen molar-refractivity contribution in [1.82, 2.24) is 0 Å². The summed E-state index contributed by atoms with van der Waals surface area (Å²) in [6.07, 6.45) is -1.90. The van der Waals surface area contributed by atoms with Gasteiger partial charge in [0.1, 0.15) is 11.5 Å².